The summed E-state index contributed by atoms with van der Waals surface area (Å²) in [6.07, 6.45) is 11.3. The first-order valence-corrected chi connectivity index (χ1v) is 7.66. The van der Waals surface area contributed by atoms with Crippen molar-refractivity contribution in [3.63, 3.8) is 0 Å². The minimum Gasteiger partial charge on any atom is -0.490 e. The van der Waals surface area contributed by atoms with Crippen molar-refractivity contribution in [3.8, 4) is 5.75 Å². The zero-order valence-electron chi connectivity index (χ0n) is 13.5. The molecule has 0 amide bonds. The molecule has 23 heavy (non-hydrogen) atoms. The smallest absolute Gasteiger partial charge is 0.160 e. The van der Waals surface area contributed by atoms with E-state index in [2.05, 4.69) is 10.7 Å². The van der Waals surface area contributed by atoms with E-state index in [0.29, 0.717) is 19.0 Å². The van der Waals surface area contributed by atoms with Crippen molar-refractivity contribution in [2.75, 3.05) is 19.8 Å². The molecule has 4 nitrogen and oxygen atoms in total. The van der Waals surface area contributed by atoms with Gasteiger partial charge in [0.1, 0.15) is 19.0 Å². The third-order valence-electron chi connectivity index (χ3n) is 3.24. The van der Waals surface area contributed by atoms with Crippen LogP contribution in [0.1, 0.15) is 19.5 Å². The maximum atomic E-state index is 11.4. The number of carbonyl (C=O) groups is 1. The average Bonchev–Trinajstić information content (AvgIpc) is 2.84. The predicted octanol–water partition coefficient (Wildman–Crippen LogP) is 3.37. The van der Waals surface area contributed by atoms with Crippen molar-refractivity contribution in [1.82, 2.24) is 4.98 Å². The minimum absolute atomic E-state index is 0.00468. The van der Waals surface area contributed by atoms with Crippen molar-refractivity contribution in [3.05, 3.63) is 60.1 Å². The first-order valence-electron chi connectivity index (χ1n) is 7.66. The van der Waals surface area contributed by atoms with Crippen LogP contribution in [0.25, 0.3) is 5.57 Å². The number of Topliss-reactive ketones (excluding diaryl/α,β-unsaturated/α-hetero) is 1. The number of nitrogens with zero attached hydrogens (tertiary/aromatic N) is 1. The van der Waals surface area contributed by atoms with Crippen LogP contribution in [-0.4, -0.2) is 30.6 Å². The van der Waals surface area contributed by atoms with Gasteiger partial charge in [0, 0.05) is 11.5 Å². The molecular formula is C19H21NO3. The Morgan fingerprint density at radius 1 is 1.26 bits per heavy atom. The van der Waals surface area contributed by atoms with Crippen LogP contribution in [-0.2, 0) is 9.53 Å². The number of ketones is 1. The average molecular weight is 311 g/mol. The summed E-state index contributed by atoms with van der Waals surface area (Å²) >= 11 is 0. The Hall–Kier alpha value is -2.42. The molecule has 0 saturated carbocycles. The Balaban J connectivity index is 1.76. The van der Waals surface area contributed by atoms with Crippen molar-refractivity contribution in [2.24, 2.45) is 5.92 Å². The molecule has 1 aliphatic rings. The Morgan fingerprint density at radius 2 is 2.13 bits per heavy atom. The van der Waals surface area contributed by atoms with Gasteiger partial charge in [0.15, 0.2) is 5.78 Å². The number of allylic oxidation sites excluding steroid dienone is 5. The third kappa shape index (κ3) is 5.70. The van der Waals surface area contributed by atoms with Gasteiger partial charge in [0.05, 0.1) is 18.5 Å². The van der Waals surface area contributed by atoms with Gasteiger partial charge in [-0.2, -0.15) is 0 Å². The van der Waals surface area contributed by atoms with E-state index in [1.807, 2.05) is 56.4 Å². The van der Waals surface area contributed by atoms with Crippen LogP contribution in [0.15, 0.2) is 54.4 Å². The summed E-state index contributed by atoms with van der Waals surface area (Å²) in [6.45, 7) is 4.63. The monoisotopic (exact) mass is 311 g/mol. The molecule has 0 atom stereocenters. The van der Waals surface area contributed by atoms with E-state index < -0.39 is 0 Å². The van der Waals surface area contributed by atoms with E-state index in [0.717, 1.165) is 11.3 Å². The van der Waals surface area contributed by atoms with Gasteiger partial charge in [0.25, 0.3) is 0 Å². The van der Waals surface area contributed by atoms with E-state index in [-0.39, 0.29) is 18.3 Å². The first-order chi connectivity index (χ1) is 11.2. The predicted molar refractivity (Wildman–Crippen MR) is 90.2 cm³/mol. The van der Waals surface area contributed by atoms with Gasteiger partial charge in [-0.3, -0.25) is 9.78 Å². The maximum absolute atomic E-state index is 11.4. The molecule has 120 valence electrons. The largest absolute Gasteiger partial charge is 0.490 e. The molecule has 0 aromatic carbocycles. The van der Waals surface area contributed by atoms with E-state index in [9.17, 15) is 4.79 Å². The lowest BCUT2D eigenvalue weighted by Gasteiger charge is -2.08. The molecule has 1 heterocycles. The van der Waals surface area contributed by atoms with Crippen molar-refractivity contribution in [1.29, 1.82) is 0 Å². The Labute approximate surface area is 136 Å². The Bertz CT molecular complexity index is 648. The maximum Gasteiger partial charge on any atom is 0.160 e. The highest BCUT2D eigenvalue weighted by atomic mass is 16.5. The number of hydrogen-bond donors (Lipinski definition) is 0. The standard InChI is InChI=1S/C19H21NO3/c1-15(2)19(21)14-22-11-12-23-17-9-10-18(20-13-17)16-7-5-3-4-6-8-16/h3,5-10,13,15H,11-12,14H2,1-2H3. The van der Waals surface area contributed by atoms with Gasteiger partial charge in [0.2, 0.25) is 0 Å². The van der Waals surface area contributed by atoms with Gasteiger partial charge in [-0.25, -0.2) is 0 Å². The van der Waals surface area contributed by atoms with Crippen molar-refractivity contribution < 1.29 is 14.3 Å². The fourth-order valence-corrected chi connectivity index (χ4v) is 1.82. The highest BCUT2D eigenvalue weighted by molar-refractivity contribution is 5.81. The molecule has 0 fully saturated rings. The number of hydrogen-bond acceptors (Lipinski definition) is 4. The SMILES string of the molecule is CC(C)C(=O)COCCOc1ccc(C2=CC=C=CC=C2)nc1. The van der Waals surface area contributed by atoms with Crippen LogP contribution in [0.3, 0.4) is 0 Å². The topological polar surface area (TPSA) is 48.4 Å². The summed E-state index contributed by atoms with van der Waals surface area (Å²) in [5, 5.41) is 0. The van der Waals surface area contributed by atoms with Gasteiger partial charge in [-0.05, 0) is 30.4 Å². The second-order valence-electron chi connectivity index (χ2n) is 5.38. The van der Waals surface area contributed by atoms with Crippen LogP contribution in [0.4, 0.5) is 0 Å². The number of aromatic nitrogens is 1. The number of pyridine rings is 1. The second kappa shape index (κ2) is 8.89. The van der Waals surface area contributed by atoms with E-state index in [4.69, 9.17) is 9.47 Å². The lowest BCUT2D eigenvalue weighted by Crippen LogP contribution is -2.17. The fraction of sp³-hybridized carbons (Fsp3) is 0.316. The molecule has 0 saturated heterocycles. The van der Waals surface area contributed by atoms with Crippen molar-refractivity contribution >= 4 is 11.4 Å². The van der Waals surface area contributed by atoms with Crippen molar-refractivity contribution in [2.45, 2.75) is 13.8 Å². The highest BCUT2D eigenvalue weighted by Crippen LogP contribution is 2.18. The molecule has 0 radical (unpaired) electrons. The van der Waals surface area contributed by atoms with Gasteiger partial charge >= 0.3 is 0 Å². The number of carbonyl (C=O) groups excluding carboxylic acids is 1. The molecule has 0 N–H and O–H groups in total. The number of rotatable bonds is 8. The Morgan fingerprint density at radius 3 is 2.87 bits per heavy atom. The summed E-state index contributed by atoms with van der Waals surface area (Å²) in [7, 11) is 0. The quantitative estimate of drug-likeness (QED) is 0.545. The molecule has 2 rings (SSSR count). The zero-order chi connectivity index (χ0) is 16.5. The van der Waals surface area contributed by atoms with Gasteiger partial charge in [-0.1, -0.05) is 26.0 Å². The minimum atomic E-state index is 0.00468. The summed E-state index contributed by atoms with van der Waals surface area (Å²) in [5.41, 5.74) is 4.91. The van der Waals surface area contributed by atoms with E-state index in [1.165, 1.54) is 0 Å². The first kappa shape index (κ1) is 16.9. The lowest BCUT2D eigenvalue weighted by atomic mass is 10.1. The molecule has 0 aliphatic heterocycles. The van der Waals surface area contributed by atoms with Gasteiger partial charge in [-0.15, -0.1) is 5.73 Å². The van der Waals surface area contributed by atoms with Gasteiger partial charge < -0.3 is 9.47 Å². The molecule has 4 heteroatoms. The Kier molecular flexibility index (Phi) is 6.55. The highest BCUT2D eigenvalue weighted by Gasteiger charge is 2.06. The summed E-state index contributed by atoms with van der Waals surface area (Å²) in [5.74, 6) is 0.786. The van der Waals surface area contributed by atoms with Crippen LogP contribution in [0, 0.1) is 5.92 Å². The van der Waals surface area contributed by atoms with E-state index in [1.54, 1.807) is 6.20 Å². The molecule has 0 spiro atoms. The molecule has 1 aromatic rings. The van der Waals surface area contributed by atoms with Crippen LogP contribution < -0.4 is 4.74 Å². The zero-order valence-corrected chi connectivity index (χ0v) is 13.5. The molecular weight excluding hydrogens is 290 g/mol. The summed E-state index contributed by atoms with van der Waals surface area (Å²) < 4.78 is 10.8. The van der Waals surface area contributed by atoms with E-state index >= 15 is 0 Å². The molecule has 0 bridgehead atoms. The molecule has 1 aromatic heterocycles. The lowest BCUT2D eigenvalue weighted by molar-refractivity contribution is -0.126. The summed E-state index contributed by atoms with van der Waals surface area (Å²) in [6, 6.07) is 3.78. The third-order valence-corrected chi connectivity index (χ3v) is 3.24. The molecule has 0 unspecified atom stereocenters. The van der Waals surface area contributed by atoms with Crippen LogP contribution in [0.2, 0.25) is 0 Å². The summed E-state index contributed by atoms with van der Waals surface area (Å²) in [4.78, 5) is 15.8. The second-order valence-corrected chi connectivity index (χ2v) is 5.38. The molecule has 1 aliphatic carbocycles. The van der Waals surface area contributed by atoms with Crippen LogP contribution in [0.5, 0.6) is 5.75 Å². The fourth-order valence-electron chi connectivity index (χ4n) is 1.82. The van der Waals surface area contributed by atoms with Crippen LogP contribution >= 0.6 is 0 Å². The number of ether oxygens (including phenoxy) is 2. The normalized spacial score (nSPS) is 13.1.